The minimum absolute atomic E-state index is 0. The average molecular weight is 355 g/mol. The molecule has 2 aromatic rings. The topological polar surface area (TPSA) is 34.1 Å². The number of nitrogens with zero attached hydrogens (tertiary/aromatic N) is 1. The lowest BCUT2D eigenvalue weighted by molar-refractivity contribution is 0.397. The summed E-state index contributed by atoms with van der Waals surface area (Å²) in [5, 5.41) is 3.77. The zero-order chi connectivity index (χ0) is 14.9. The summed E-state index contributed by atoms with van der Waals surface area (Å²) in [6, 6.07) is 13.0. The molecule has 3 nitrogen and oxygen atoms in total. The predicted octanol–water partition coefficient (Wildman–Crippen LogP) is 4.53. The second-order valence-electron chi connectivity index (χ2n) is 6.26. The average Bonchev–Trinajstić information content (AvgIpc) is 2.84. The van der Waals surface area contributed by atoms with E-state index in [0.717, 1.165) is 12.2 Å². The van der Waals surface area contributed by atoms with E-state index in [2.05, 4.69) is 48.4 Å². The van der Waals surface area contributed by atoms with E-state index in [4.69, 9.17) is 4.74 Å². The lowest BCUT2D eigenvalue weighted by Gasteiger charge is -2.27. The SMILES string of the molecule is COc1ccc([C@@H]2C[C@@H](c3ccncc3)C(C)(C)N2)cc1.Cl.Cl. The van der Waals surface area contributed by atoms with Gasteiger partial charge in [0, 0.05) is 29.9 Å². The molecule has 0 saturated carbocycles. The molecule has 5 heteroatoms. The summed E-state index contributed by atoms with van der Waals surface area (Å²) in [4.78, 5) is 4.13. The molecule has 1 aliphatic heterocycles. The number of nitrogens with one attached hydrogen (secondary N) is 1. The minimum atomic E-state index is 0. The van der Waals surface area contributed by atoms with Crippen molar-refractivity contribution in [3.05, 3.63) is 59.9 Å². The number of ether oxygens (including phenoxy) is 1. The number of pyridine rings is 1. The molecule has 1 N–H and O–H groups in total. The zero-order valence-electron chi connectivity index (χ0n) is 13.7. The molecule has 23 heavy (non-hydrogen) atoms. The number of hydrogen-bond acceptors (Lipinski definition) is 3. The lowest BCUT2D eigenvalue weighted by atomic mass is 9.83. The Balaban J connectivity index is 0.00000132. The fourth-order valence-corrected chi connectivity index (χ4v) is 3.34. The first kappa shape index (κ1) is 19.8. The Morgan fingerprint density at radius 3 is 2.17 bits per heavy atom. The van der Waals surface area contributed by atoms with Gasteiger partial charge in [-0.2, -0.15) is 0 Å². The van der Waals surface area contributed by atoms with Crippen molar-refractivity contribution in [2.45, 2.75) is 37.8 Å². The number of aromatic nitrogens is 1. The van der Waals surface area contributed by atoms with Crippen LogP contribution >= 0.6 is 24.8 Å². The number of hydrogen-bond donors (Lipinski definition) is 1. The summed E-state index contributed by atoms with van der Waals surface area (Å²) < 4.78 is 5.24. The van der Waals surface area contributed by atoms with E-state index in [1.165, 1.54) is 11.1 Å². The van der Waals surface area contributed by atoms with Crippen LogP contribution in [0.25, 0.3) is 0 Å². The second kappa shape index (κ2) is 8.00. The Bertz CT molecular complexity index is 602. The summed E-state index contributed by atoms with van der Waals surface area (Å²) in [6.45, 7) is 4.56. The lowest BCUT2D eigenvalue weighted by Crippen LogP contribution is -2.37. The van der Waals surface area contributed by atoms with Crippen molar-refractivity contribution >= 4 is 24.8 Å². The van der Waals surface area contributed by atoms with Crippen molar-refractivity contribution in [3.8, 4) is 5.75 Å². The van der Waals surface area contributed by atoms with Gasteiger partial charge in [0.1, 0.15) is 5.75 Å². The van der Waals surface area contributed by atoms with Crippen molar-refractivity contribution in [2.24, 2.45) is 0 Å². The molecule has 0 spiro atoms. The Labute approximate surface area is 150 Å². The molecule has 0 radical (unpaired) electrons. The maximum absolute atomic E-state index is 5.24. The third-order valence-corrected chi connectivity index (χ3v) is 4.52. The van der Waals surface area contributed by atoms with E-state index in [9.17, 15) is 0 Å². The number of methoxy groups -OCH3 is 1. The molecule has 0 amide bonds. The van der Waals surface area contributed by atoms with Crippen LogP contribution in [0.15, 0.2) is 48.8 Å². The van der Waals surface area contributed by atoms with Crippen LogP contribution in [0.5, 0.6) is 5.75 Å². The molecule has 1 aromatic carbocycles. The summed E-state index contributed by atoms with van der Waals surface area (Å²) in [7, 11) is 1.70. The predicted molar refractivity (Wildman–Crippen MR) is 99.0 cm³/mol. The van der Waals surface area contributed by atoms with E-state index in [0.29, 0.717) is 12.0 Å². The van der Waals surface area contributed by atoms with Crippen LogP contribution < -0.4 is 10.1 Å². The highest BCUT2D eigenvalue weighted by atomic mass is 35.5. The molecular formula is C18H24Cl2N2O. The fraction of sp³-hybridized carbons (Fsp3) is 0.389. The van der Waals surface area contributed by atoms with Crippen molar-refractivity contribution in [3.63, 3.8) is 0 Å². The summed E-state index contributed by atoms with van der Waals surface area (Å²) in [5.41, 5.74) is 2.75. The van der Waals surface area contributed by atoms with Crippen LogP contribution in [-0.2, 0) is 0 Å². The molecule has 3 rings (SSSR count). The van der Waals surface area contributed by atoms with Gasteiger partial charge in [-0.05, 0) is 55.7 Å². The van der Waals surface area contributed by atoms with Crippen LogP contribution in [0, 0.1) is 0 Å². The van der Waals surface area contributed by atoms with Gasteiger partial charge < -0.3 is 10.1 Å². The largest absolute Gasteiger partial charge is 0.497 e. The molecule has 0 bridgehead atoms. The van der Waals surface area contributed by atoms with Crippen molar-refractivity contribution in [1.82, 2.24) is 10.3 Å². The van der Waals surface area contributed by atoms with E-state index < -0.39 is 0 Å². The van der Waals surface area contributed by atoms with E-state index in [1.807, 2.05) is 24.5 Å². The Morgan fingerprint density at radius 1 is 1.00 bits per heavy atom. The van der Waals surface area contributed by atoms with Gasteiger partial charge in [-0.1, -0.05) is 12.1 Å². The summed E-state index contributed by atoms with van der Waals surface area (Å²) in [6.07, 6.45) is 4.86. The normalized spacial score (nSPS) is 21.9. The second-order valence-corrected chi connectivity index (χ2v) is 6.26. The quantitative estimate of drug-likeness (QED) is 0.878. The molecule has 1 aliphatic rings. The van der Waals surface area contributed by atoms with Gasteiger partial charge in [0.2, 0.25) is 0 Å². The number of halogens is 2. The smallest absolute Gasteiger partial charge is 0.118 e. The van der Waals surface area contributed by atoms with Gasteiger partial charge >= 0.3 is 0 Å². The van der Waals surface area contributed by atoms with Crippen LogP contribution in [0.1, 0.15) is 43.4 Å². The highest BCUT2D eigenvalue weighted by Crippen LogP contribution is 2.43. The maximum atomic E-state index is 5.24. The van der Waals surface area contributed by atoms with Gasteiger partial charge in [0.05, 0.1) is 7.11 Å². The van der Waals surface area contributed by atoms with Crippen molar-refractivity contribution < 1.29 is 4.74 Å². The van der Waals surface area contributed by atoms with Gasteiger partial charge in [0.15, 0.2) is 0 Å². The zero-order valence-corrected chi connectivity index (χ0v) is 15.3. The number of rotatable bonds is 3. The van der Waals surface area contributed by atoms with Gasteiger partial charge in [-0.25, -0.2) is 0 Å². The van der Waals surface area contributed by atoms with Crippen molar-refractivity contribution in [1.29, 1.82) is 0 Å². The van der Waals surface area contributed by atoms with Crippen LogP contribution in [0.2, 0.25) is 0 Å². The van der Waals surface area contributed by atoms with E-state index in [1.54, 1.807) is 7.11 Å². The molecule has 1 aromatic heterocycles. The van der Waals surface area contributed by atoms with Crippen LogP contribution in [-0.4, -0.2) is 17.6 Å². The minimum Gasteiger partial charge on any atom is -0.497 e. The van der Waals surface area contributed by atoms with E-state index >= 15 is 0 Å². The Morgan fingerprint density at radius 2 is 1.61 bits per heavy atom. The fourth-order valence-electron chi connectivity index (χ4n) is 3.34. The molecule has 126 valence electrons. The molecular weight excluding hydrogens is 331 g/mol. The first-order chi connectivity index (χ1) is 10.1. The van der Waals surface area contributed by atoms with Gasteiger partial charge in [-0.15, -0.1) is 24.8 Å². The summed E-state index contributed by atoms with van der Waals surface area (Å²) in [5.74, 6) is 1.40. The van der Waals surface area contributed by atoms with Gasteiger partial charge in [0.25, 0.3) is 0 Å². The first-order valence-electron chi connectivity index (χ1n) is 7.42. The van der Waals surface area contributed by atoms with E-state index in [-0.39, 0.29) is 30.4 Å². The third kappa shape index (κ3) is 4.17. The molecule has 2 atom stereocenters. The third-order valence-electron chi connectivity index (χ3n) is 4.52. The Hall–Kier alpha value is -1.29. The highest BCUT2D eigenvalue weighted by Gasteiger charge is 2.40. The molecule has 1 saturated heterocycles. The highest BCUT2D eigenvalue weighted by molar-refractivity contribution is 5.85. The molecule has 0 aliphatic carbocycles. The van der Waals surface area contributed by atoms with Crippen molar-refractivity contribution in [2.75, 3.05) is 7.11 Å². The maximum Gasteiger partial charge on any atom is 0.118 e. The molecule has 1 fully saturated rings. The molecule has 2 heterocycles. The summed E-state index contributed by atoms with van der Waals surface area (Å²) >= 11 is 0. The first-order valence-corrected chi connectivity index (χ1v) is 7.42. The molecule has 0 unspecified atom stereocenters. The Kier molecular flexibility index (Phi) is 6.87. The standard InChI is InChI=1S/C18H22N2O.2ClH/c1-18(2)16(13-8-10-19-11-9-13)12-17(20-18)14-4-6-15(21-3)7-5-14;;/h4-11,16-17,20H,12H2,1-3H3;2*1H/t16-,17-;;/m0../s1. The van der Waals surface area contributed by atoms with Crippen LogP contribution in [0.4, 0.5) is 0 Å². The monoisotopic (exact) mass is 354 g/mol. The number of benzene rings is 1. The van der Waals surface area contributed by atoms with Crippen LogP contribution in [0.3, 0.4) is 0 Å². The van der Waals surface area contributed by atoms with Gasteiger partial charge in [-0.3, -0.25) is 4.98 Å².